The molecule has 0 radical (unpaired) electrons. The number of halogens is 1. The summed E-state index contributed by atoms with van der Waals surface area (Å²) in [7, 11) is 1.97. The summed E-state index contributed by atoms with van der Waals surface area (Å²) in [4.78, 5) is 0. The van der Waals surface area contributed by atoms with Crippen LogP contribution < -0.4 is 5.32 Å². The molecule has 0 amide bonds. The maximum atomic E-state index is 6.08. The van der Waals surface area contributed by atoms with Gasteiger partial charge in [-0.3, -0.25) is 0 Å². The minimum absolute atomic E-state index is 0.739. The second-order valence-corrected chi connectivity index (χ2v) is 4.94. The molecule has 0 aliphatic carbocycles. The van der Waals surface area contributed by atoms with E-state index in [0.29, 0.717) is 0 Å². The van der Waals surface area contributed by atoms with Crippen LogP contribution in [-0.2, 0) is 19.4 Å². The summed E-state index contributed by atoms with van der Waals surface area (Å²) in [6.45, 7) is 5.16. The van der Waals surface area contributed by atoms with Crippen LogP contribution in [-0.4, -0.2) is 16.8 Å². The molecule has 0 fully saturated rings. The SMILES string of the molecule is CCc1nn(-c2cccc(Cl)c2)c(CC)c1CNC. The van der Waals surface area contributed by atoms with Crippen molar-refractivity contribution in [3.8, 4) is 5.69 Å². The van der Waals surface area contributed by atoms with Gasteiger partial charge in [0.2, 0.25) is 0 Å². The molecule has 0 bridgehead atoms. The first-order valence-corrected chi connectivity index (χ1v) is 7.09. The molecule has 0 aliphatic heterocycles. The molecular formula is C15H20ClN3. The van der Waals surface area contributed by atoms with Crippen molar-refractivity contribution in [3.63, 3.8) is 0 Å². The van der Waals surface area contributed by atoms with Crippen LogP contribution in [0.3, 0.4) is 0 Å². The molecule has 0 saturated heterocycles. The fraction of sp³-hybridized carbons (Fsp3) is 0.400. The highest BCUT2D eigenvalue weighted by Crippen LogP contribution is 2.22. The van der Waals surface area contributed by atoms with Gasteiger partial charge in [-0.15, -0.1) is 0 Å². The van der Waals surface area contributed by atoms with E-state index in [1.54, 1.807) is 0 Å². The Kier molecular flexibility index (Phi) is 4.61. The monoisotopic (exact) mass is 277 g/mol. The lowest BCUT2D eigenvalue weighted by Crippen LogP contribution is -2.09. The maximum Gasteiger partial charge on any atom is 0.0674 e. The van der Waals surface area contributed by atoms with Crippen molar-refractivity contribution in [2.45, 2.75) is 33.2 Å². The molecule has 1 N–H and O–H groups in total. The Morgan fingerprint density at radius 3 is 2.63 bits per heavy atom. The quantitative estimate of drug-likeness (QED) is 0.908. The van der Waals surface area contributed by atoms with Crippen molar-refractivity contribution in [2.24, 2.45) is 0 Å². The Morgan fingerprint density at radius 2 is 2.05 bits per heavy atom. The van der Waals surface area contributed by atoms with E-state index in [9.17, 15) is 0 Å². The standard InChI is InChI=1S/C15H20ClN3/c1-4-14-13(10-17-3)15(5-2)19(18-14)12-8-6-7-11(16)9-12/h6-9,17H,4-5,10H2,1-3H3. The van der Waals surface area contributed by atoms with E-state index in [2.05, 4.69) is 19.2 Å². The van der Waals surface area contributed by atoms with Gasteiger partial charge < -0.3 is 5.32 Å². The van der Waals surface area contributed by atoms with Crippen molar-refractivity contribution in [2.75, 3.05) is 7.05 Å². The Bertz CT molecular complexity index is 561. The van der Waals surface area contributed by atoms with Crippen LogP contribution in [0, 0.1) is 0 Å². The Balaban J connectivity index is 2.56. The Morgan fingerprint density at radius 1 is 1.26 bits per heavy atom. The molecular weight excluding hydrogens is 258 g/mol. The summed E-state index contributed by atoms with van der Waals surface area (Å²) in [6, 6.07) is 7.84. The third kappa shape index (κ3) is 2.82. The van der Waals surface area contributed by atoms with Crippen LogP contribution in [0.1, 0.15) is 30.8 Å². The second kappa shape index (κ2) is 6.22. The molecule has 19 heavy (non-hydrogen) atoms. The molecule has 2 aromatic rings. The molecule has 1 aromatic heterocycles. The average molecular weight is 278 g/mol. The van der Waals surface area contributed by atoms with Crippen LogP contribution in [0.15, 0.2) is 24.3 Å². The van der Waals surface area contributed by atoms with Crippen molar-refractivity contribution in [1.82, 2.24) is 15.1 Å². The van der Waals surface area contributed by atoms with E-state index in [-0.39, 0.29) is 0 Å². The minimum Gasteiger partial charge on any atom is -0.316 e. The van der Waals surface area contributed by atoms with Gasteiger partial charge in [0.15, 0.2) is 0 Å². The van der Waals surface area contributed by atoms with Gasteiger partial charge in [-0.25, -0.2) is 4.68 Å². The van der Waals surface area contributed by atoms with Crippen LogP contribution in [0.4, 0.5) is 0 Å². The van der Waals surface area contributed by atoms with Gasteiger partial charge in [-0.2, -0.15) is 5.10 Å². The third-order valence-corrected chi connectivity index (χ3v) is 3.48. The molecule has 0 atom stereocenters. The number of hydrogen-bond acceptors (Lipinski definition) is 2. The minimum atomic E-state index is 0.739. The lowest BCUT2D eigenvalue weighted by molar-refractivity contribution is 0.779. The molecule has 1 aromatic carbocycles. The average Bonchev–Trinajstić information content (AvgIpc) is 2.77. The van der Waals surface area contributed by atoms with E-state index in [1.165, 1.54) is 11.3 Å². The first-order chi connectivity index (χ1) is 9.21. The highest BCUT2D eigenvalue weighted by Gasteiger charge is 2.15. The zero-order valence-corrected chi connectivity index (χ0v) is 12.5. The summed E-state index contributed by atoms with van der Waals surface area (Å²) in [6.07, 6.45) is 1.90. The van der Waals surface area contributed by atoms with Gasteiger partial charge in [0.1, 0.15) is 0 Å². The predicted octanol–water partition coefficient (Wildman–Crippen LogP) is 3.37. The number of hydrogen-bond donors (Lipinski definition) is 1. The van der Waals surface area contributed by atoms with E-state index in [0.717, 1.165) is 35.8 Å². The highest BCUT2D eigenvalue weighted by molar-refractivity contribution is 6.30. The topological polar surface area (TPSA) is 29.9 Å². The summed E-state index contributed by atoms with van der Waals surface area (Å²) in [5.41, 5.74) is 4.76. The van der Waals surface area contributed by atoms with Gasteiger partial charge in [-0.05, 0) is 38.1 Å². The highest BCUT2D eigenvalue weighted by atomic mass is 35.5. The van der Waals surface area contributed by atoms with E-state index >= 15 is 0 Å². The first-order valence-electron chi connectivity index (χ1n) is 6.71. The molecule has 0 unspecified atom stereocenters. The molecule has 0 aliphatic rings. The molecule has 0 spiro atoms. The number of rotatable bonds is 5. The fourth-order valence-electron chi connectivity index (χ4n) is 2.39. The van der Waals surface area contributed by atoms with E-state index in [1.807, 2.05) is 36.0 Å². The number of benzene rings is 1. The molecule has 0 saturated carbocycles. The van der Waals surface area contributed by atoms with Crippen molar-refractivity contribution in [1.29, 1.82) is 0 Å². The first kappa shape index (κ1) is 14.1. The number of aryl methyl sites for hydroxylation is 1. The Hall–Kier alpha value is -1.32. The molecule has 3 nitrogen and oxygen atoms in total. The lowest BCUT2D eigenvalue weighted by Gasteiger charge is -2.08. The number of aromatic nitrogens is 2. The lowest BCUT2D eigenvalue weighted by atomic mass is 10.1. The van der Waals surface area contributed by atoms with Gasteiger partial charge in [0, 0.05) is 22.8 Å². The molecule has 4 heteroatoms. The van der Waals surface area contributed by atoms with Gasteiger partial charge in [-0.1, -0.05) is 31.5 Å². The van der Waals surface area contributed by atoms with Crippen LogP contribution in [0.25, 0.3) is 5.69 Å². The normalized spacial score (nSPS) is 10.9. The maximum absolute atomic E-state index is 6.08. The van der Waals surface area contributed by atoms with E-state index in [4.69, 9.17) is 16.7 Å². The summed E-state index contributed by atoms with van der Waals surface area (Å²) >= 11 is 6.08. The molecule has 2 rings (SSSR count). The smallest absolute Gasteiger partial charge is 0.0674 e. The van der Waals surface area contributed by atoms with Gasteiger partial charge in [0.05, 0.1) is 11.4 Å². The third-order valence-electron chi connectivity index (χ3n) is 3.25. The largest absolute Gasteiger partial charge is 0.316 e. The second-order valence-electron chi connectivity index (χ2n) is 4.50. The zero-order chi connectivity index (χ0) is 13.8. The van der Waals surface area contributed by atoms with Crippen molar-refractivity contribution < 1.29 is 0 Å². The summed E-state index contributed by atoms with van der Waals surface area (Å²) < 4.78 is 2.03. The molecule has 1 heterocycles. The number of nitrogens with one attached hydrogen (secondary N) is 1. The number of nitrogens with zero attached hydrogens (tertiary/aromatic N) is 2. The summed E-state index contributed by atoms with van der Waals surface area (Å²) in [5.74, 6) is 0. The van der Waals surface area contributed by atoms with Gasteiger partial charge in [0.25, 0.3) is 0 Å². The van der Waals surface area contributed by atoms with Crippen LogP contribution in [0.2, 0.25) is 5.02 Å². The van der Waals surface area contributed by atoms with Crippen molar-refractivity contribution in [3.05, 3.63) is 46.2 Å². The van der Waals surface area contributed by atoms with Crippen LogP contribution in [0.5, 0.6) is 0 Å². The summed E-state index contributed by atoms with van der Waals surface area (Å²) in [5, 5.41) is 8.72. The van der Waals surface area contributed by atoms with Crippen molar-refractivity contribution >= 4 is 11.6 Å². The fourth-order valence-corrected chi connectivity index (χ4v) is 2.57. The zero-order valence-electron chi connectivity index (χ0n) is 11.7. The van der Waals surface area contributed by atoms with E-state index < -0.39 is 0 Å². The van der Waals surface area contributed by atoms with Crippen LogP contribution >= 0.6 is 11.6 Å². The van der Waals surface area contributed by atoms with Gasteiger partial charge >= 0.3 is 0 Å². The molecule has 102 valence electrons. The Labute approximate surface area is 119 Å². The predicted molar refractivity (Wildman–Crippen MR) is 80.1 cm³/mol.